The zero-order valence-electron chi connectivity index (χ0n) is 56.1. The average molecular weight is 1310 g/mol. The van der Waals surface area contributed by atoms with Crippen molar-refractivity contribution in [1.82, 2.24) is 30.2 Å². The fraction of sp³-hybridized carbons (Fsp3) is 0.486. The Labute approximate surface area is 556 Å². The van der Waals surface area contributed by atoms with E-state index in [1.807, 2.05) is 19.9 Å². The molecule has 7 rings (SSSR count). The number of nitrogens with zero attached hydrogens (tertiary/aromatic N) is 4. The van der Waals surface area contributed by atoms with Gasteiger partial charge in [-0.1, -0.05) is 80.6 Å². The largest absolute Gasteiger partial charge is 0.493 e. The monoisotopic (exact) mass is 1310 g/mol. The molecule has 0 radical (unpaired) electrons. The summed E-state index contributed by atoms with van der Waals surface area (Å²) in [5.41, 5.74) is 1.50. The third-order valence-corrected chi connectivity index (χ3v) is 17.3. The van der Waals surface area contributed by atoms with Crippen LogP contribution in [0.25, 0.3) is 0 Å². The number of aryl methyl sites for hydroxylation is 1. The van der Waals surface area contributed by atoms with Gasteiger partial charge in [-0.05, 0) is 149 Å². The summed E-state index contributed by atoms with van der Waals surface area (Å²) in [6, 6.07) is 21.5. The summed E-state index contributed by atoms with van der Waals surface area (Å²) in [6.07, 6.45) is 5.54. The summed E-state index contributed by atoms with van der Waals surface area (Å²) in [4.78, 5) is 161. The molecule has 8 amide bonds. The van der Waals surface area contributed by atoms with Crippen molar-refractivity contribution in [3.63, 3.8) is 0 Å². The molecule has 95 heavy (non-hydrogen) atoms. The zero-order chi connectivity index (χ0) is 68.9. The van der Waals surface area contributed by atoms with Gasteiger partial charge in [-0.2, -0.15) is 0 Å². The quantitative estimate of drug-likeness (QED) is 0.0824. The molecule has 510 valence electrons. The topological polar surface area (TPSA) is 286 Å². The molecule has 4 N–H and O–H groups in total. The van der Waals surface area contributed by atoms with Gasteiger partial charge in [0.15, 0.2) is 11.5 Å². The van der Waals surface area contributed by atoms with Crippen LogP contribution in [-0.2, 0) is 75.1 Å². The number of anilines is 2. The normalized spacial score (nSPS) is 22.5. The number of Topliss-reactive ketones (excluding diaryl/α,β-unsaturated/α-hetero) is 1. The molecule has 0 spiro atoms. The van der Waals surface area contributed by atoms with Crippen LogP contribution in [0.15, 0.2) is 109 Å². The number of hydrogen-bond acceptors (Lipinski definition) is 15. The number of fused-ring (bicyclic) bond motifs is 4. The second-order valence-electron chi connectivity index (χ2n) is 25.7. The van der Waals surface area contributed by atoms with E-state index in [9.17, 15) is 47.9 Å². The van der Waals surface area contributed by atoms with Crippen LogP contribution in [0.1, 0.15) is 146 Å². The molecule has 4 aromatic carbocycles. The Morgan fingerprint density at radius 3 is 2.12 bits per heavy atom. The summed E-state index contributed by atoms with van der Waals surface area (Å²) in [5.74, 6) is -5.94. The number of allylic oxidation sites excluding steroid dienone is 1. The molecule has 4 aromatic rings. The third-order valence-electron chi connectivity index (χ3n) is 17.3. The van der Waals surface area contributed by atoms with Crippen molar-refractivity contribution in [2.75, 3.05) is 65.2 Å². The fourth-order valence-electron chi connectivity index (χ4n) is 12.1. The SMILES string of the molecule is COc1ccc(CC[C@H]2OC(=O)[C@@H]3CCCCN3C(=O)C(=O)C(C)(C)COC(=O)C=CCCCCN(C)C(=O)[C@H](CC(C)C)N(C)C(=O)[C@H]3CCCN3C(=O)[C@H](Cc3cccc(NC(C)=O)c3)NC(=O)[C@H](c3ccccc3)NC(=O)CCC(=O)Nc3cccc2c3)cc1OC. The number of likely N-dealkylation sites (N-methyl/N-ethyl adjacent to an activating group) is 2. The Morgan fingerprint density at radius 2 is 1.39 bits per heavy atom. The summed E-state index contributed by atoms with van der Waals surface area (Å²) in [7, 11) is 6.26. The minimum absolute atomic E-state index is 0.0153. The fourth-order valence-corrected chi connectivity index (χ4v) is 12.1. The van der Waals surface area contributed by atoms with Gasteiger partial charge >= 0.3 is 11.9 Å². The molecule has 2 fully saturated rings. The summed E-state index contributed by atoms with van der Waals surface area (Å²) < 4.78 is 22.9. The number of ether oxygens (including phenoxy) is 4. The number of nitrogens with one attached hydrogen (secondary N) is 4. The Morgan fingerprint density at radius 1 is 0.695 bits per heavy atom. The number of methoxy groups -OCH3 is 2. The molecule has 2 saturated heterocycles. The van der Waals surface area contributed by atoms with Crippen LogP contribution in [0.4, 0.5) is 11.4 Å². The molecule has 23 heteroatoms. The first kappa shape index (κ1) is 73.0. The van der Waals surface area contributed by atoms with E-state index in [0.29, 0.717) is 97.5 Å². The lowest BCUT2D eigenvalue weighted by Crippen LogP contribution is -2.58. The van der Waals surface area contributed by atoms with Crippen molar-refractivity contribution in [1.29, 1.82) is 0 Å². The number of amides is 8. The minimum Gasteiger partial charge on any atom is -0.493 e. The van der Waals surface area contributed by atoms with Crippen molar-refractivity contribution in [2.45, 2.75) is 161 Å². The van der Waals surface area contributed by atoms with Crippen molar-refractivity contribution in [2.24, 2.45) is 11.3 Å². The van der Waals surface area contributed by atoms with Crippen molar-refractivity contribution in [3.8, 4) is 11.5 Å². The van der Waals surface area contributed by atoms with Crippen LogP contribution >= 0.6 is 0 Å². The molecule has 0 saturated carbocycles. The number of esters is 2. The van der Waals surface area contributed by atoms with E-state index >= 15 is 4.79 Å². The van der Waals surface area contributed by atoms with Gasteiger partial charge in [0.25, 0.3) is 5.91 Å². The van der Waals surface area contributed by atoms with Crippen LogP contribution in [0.3, 0.4) is 0 Å². The first-order valence-electron chi connectivity index (χ1n) is 32.7. The maximum atomic E-state index is 15.2. The number of benzene rings is 4. The number of carbonyl (C=O) groups is 11. The third kappa shape index (κ3) is 20.5. The number of rotatable bonds is 11. The van der Waals surface area contributed by atoms with Gasteiger partial charge in [0.05, 0.1) is 19.6 Å². The van der Waals surface area contributed by atoms with Gasteiger partial charge in [-0.3, -0.25) is 43.2 Å². The summed E-state index contributed by atoms with van der Waals surface area (Å²) in [6.45, 7) is 8.38. The molecule has 6 atom stereocenters. The van der Waals surface area contributed by atoms with Crippen molar-refractivity contribution >= 4 is 76.4 Å². The van der Waals surface area contributed by atoms with Crippen LogP contribution in [0, 0.1) is 11.3 Å². The number of piperidine rings is 1. The summed E-state index contributed by atoms with van der Waals surface area (Å²) in [5, 5.41) is 11.3. The van der Waals surface area contributed by atoms with E-state index < -0.39 is 101 Å². The van der Waals surface area contributed by atoms with Crippen LogP contribution in [0.2, 0.25) is 0 Å². The molecule has 0 aromatic heterocycles. The predicted molar refractivity (Wildman–Crippen MR) is 355 cm³/mol. The van der Waals surface area contributed by atoms with Gasteiger partial charge in [-0.25, -0.2) is 9.59 Å². The smallest absolute Gasteiger partial charge is 0.330 e. The molecule has 3 aliphatic rings. The lowest BCUT2D eigenvalue weighted by molar-refractivity contribution is -0.165. The Balaban J connectivity index is 1.19. The highest BCUT2D eigenvalue weighted by molar-refractivity contribution is 6.38. The Kier molecular flexibility index (Phi) is 26.6. The first-order chi connectivity index (χ1) is 45.4. The maximum Gasteiger partial charge on any atom is 0.330 e. The minimum atomic E-state index is -1.48. The molecule has 3 aliphatic heterocycles. The van der Waals surface area contributed by atoms with Gasteiger partial charge in [-0.15, -0.1) is 0 Å². The molecule has 3 heterocycles. The van der Waals surface area contributed by atoms with Crippen molar-refractivity contribution < 1.29 is 71.7 Å². The van der Waals surface area contributed by atoms with Gasteiger partial charge < -0.3 is 59.8 Å². The second kappa shape index (κ2) is 34.7. The van der Waals surface area contributed by atoms with E-state index in [1.54, 1.807) is 116 Å². The Hall–Kier alpha value is -9.41. The van der Waals surface area contributed by atoms with E-state index in [1.165, 1.54) is 55.8 Å². The van der Waals surface area contributed by atoms with E-state index in [0.717, 1.165) is 5.56 Å². The van der Waals surface area contributed by atoms with E-state index in [4.69, 9.17) is 18.9 Å². The molecule has 2 bridgehead atoms. The van der Waals surface area contributed by atoms with E-state index in [2.05, 4.69) is 21.3 Å². The molecular formula is C72H92N8O15. The average Bonchev–Trinajstić information content (AvgIpc) is 1.25. The highest BCUT2D eigenvalue weighted by Crippen LogP contribution is 2.33. The zero-order valence-corrected chi connectivity index (χ0v) is 56.1. The van der Waals surface area contributed by atoms with Crippen LogP contribution in [0.5, 0.6) is 11.5 Å². The van der Waals surface area contributed by atoms with Gasteiger partial charge in [0.2, 0.25) is 47.1 Å². The number of hydrogen-bond donors (Lipinski definition) is 4. The lowest BCUT2D eigenvalue weighted by Gasteiger charge is -2.36. The molecule has 0 unspecified atom stereocenters. The summed E-state index contributed by atoms with van der Waals surface area (Å²) >= 11 is 0. The highest BCUT2D eigenvalue weighted by Gasteiger charge is 2.44. The number of cyclic esters (lactones) is 2. The molecule has 23 nitrogen and oxygen atoms in total. The molecule has 0 aliphatic carbocycles. The van der Waals surface area contributed by atoms with Crippen molar-refractivity contribution in [3.05, 3.63) is 131 Å². The molecular weight excluding hydrogens is 1220 g/mol. The standard InChI is InChI=1S/C72H92N8O15/c1-46(2)40-57-68(88)77(6)37-17-11-10-15-30-63(84)94-45-72(4,5)65(85)70(90)80-38-18-16-28-56(80)71(91)95-58(33-31-48-32-34-59(92-8)60(43-48)93-9)51-25-20-27-53(44-51)74-61(82)35-36-62(83)76-64(50-23-13-12-14-24-50)66(86)75-54(42-49-22-19-26-52(41-49)73-47(3)81)67(87)79-39-21-29-55(79)69(89)78(57)7/h12-15,19-20,22-27,30,32,34,41,43-44,46,54-58,64H,10-11,16-18,21,28-29,31,33,35-40,42,45H2,1-9H3,(H,73,81)(H,74,82)(H,75,86)(H,76,83)/t54-,55+,56-,57-,58+,64-/m0/s1. The van der Waals surface area contributed by atoms with Crippen LogP contribution < -0.4 is 30.7 Å². The Bertz CT molecular complexity index is 3440. The predicted octanol–water partition coefficient (Wildman–Crippen LogP) is 7.77. The van der Waals surface area contributed by atoms with Gasteiger partial charge in [0.1, 0.15) is 42.9 Å². The number of carbonyl (C=O) groups excluding carboxylic acids is 11. The lowest BCUT2D eigenvalue weighted by atomic mass is 9.87. The van der Waals surface area contributed by atoms with E-state index in [-0.39, 0.29) is 69.3 Å². The highest BCUT2D eigenvalue weighted by atomic mass is 16.5. The number of ketones is 1. The first-order valence-corrected chi connectivity index (χ1v) is 32.7. The van der Waals surface area contributed by atoms with Gasteiger partial charge in [0, 0.05) is 77.4 Å². The van der Waals surface area contributed by atoms with Crippen LogP contribution in [-0.4, -0.2) is 163 Å². The maximum absolute atomic E-state index is 15.2. The second-order valence-corrected chi connectivity index (χ2v) is 25.7.